The molecule has 0 radical (unpaired) electrons. The second kappa shape index (κ2) is 7.86. The first-order valence-corrected chi connectivity index (χ1v) is 9.65. The van der Waals surface area contributed by atoms with E-state index in [1.165, 1.54) is 22.8 Å². The molecule has 148 valence electrons. The molecule has 1 aromatic heterocycles. The molecular formula is C19H22FN4O3P. The molecule has 1 aromatic carbocycles. The summed E-state index contributed by atoms with van der Waals surface area (Å²) in [6.45, 7) is 4.67. The number of aromatic nitrogens is 2. The molecule has 1 N–H and O–H groups in total. The third kappa shape index (κ3) is 3.48. The lowest BCUT2D eigenvalue weighted by Gasteiger charge is -2.30. The molecule has 0 aliphatic carbocycles. The predicted molar refractivity (Wildman–Crippen MR) is 106 cm³/mol. The van der Waals surface area contributed by atoms with Crippen molar-refractivity contribution in [3.63, 3.8) is 0 Å². The van der Waals surface area contributed by atoms with Gasteiger partial charge in [-0.25, -0.2) is 13.8 Å². The van der Waals surface area contributed by atoms with E-state index in [2.05, 4.69) is 14.2 Å². The lowest BCUT2D eigenvalue weighted by atomic mass is 10.1. The lowest BCUT2D eigenvalue weighted by molar-refractivity contribution is 0.0450. The minimum absolute atomic E-state index is 0.0288. The summed E-state index contributed by atoms with van der Waals surface area (Å²) in [6, 6.07) is 7.23. The Morgan fingerprint density at radius 2 is 2.18 bits per heavy atom. The van der Waals surface area contributed by atoms with Gasteiger partial charge in [-0.1, -0.05) is 29.2 Å². The Balaban J connectivity index is 1.92. The molecule has 0 fully saturated rings. The molecule has 3 unspecified atom stereocenters. The summed E-state index contributed by atoms with van der Waals surface area (Å²) in [7, 11) is 2.36. The highest BCUT2D eigenvalue weighted by Gasteiger charge is 2.46. The molecule has 3 rings (SSSR count). The molecule has 7 nitrogen and oxygen atoms in total. The second-order valence-corrected chi connectivity index (χ2v) is 7.54. The monoisotopic (exact) mass is 404 g/mol. The number of anilines is 1. The van der Waals surface area contributed by atoms with Crippen LogP contribution in [0.3, 0.4) is 0 Å². The van der Waals surface area contributed by atoms with Gasteiger partial charge in [0.25, 0.3) is 0 Å². The third-order valence-corrected chi connectivity index (χ3v) is 5.43. The molecule has 28 heavy (non-hydrogen) atoms. The van der Waals surface area contributed by atoms with Gasteiger partial charge in [-0.15, -0.1) is 0 Å². The summed E-state index contributed by atoms with van der Waals surface area (Å²) in [5.41, 5.74) is -1.55. The van der Waals surface area contributed by atoms with Crippen LogP contribution in [0.2, 0.25) is 0 Å². The van der Waals surface area contributed by atoms with Gasteiger partial charge in [0.1, 0.15) is 24.3 Å². The summed E-state index contributed by atoms with van der Waals surface area (Å²) in [4.78, 5) is 18.5. The zero-order chi connectivity index (χ0) is 20.5. The van der Waals surface area contributed by atoms with Crippen molar-refractivity contribution in [3.05, 3.63) is 51.7 Å². The maximum atomic E-state index is 13.4. The molecule has 0 spiro atoms. The third-order valence-electron chi connectivity index (χ3n) is 4.79. The summed E-state index contributed by atoms with van der Waals surface area (Å²) < 4.78 is 20.3. The average molecular weight is 404 g/mol. The van der Waals surface area contributed by atoms with Crippen molar-refractivity contribution in [1.82, 2.24) is 9.55 Å². The maximum absolute atomic E-state index is 13.4. The van der Waals surface area contributed by atoms with Crippen molar-refractivity contribution >= 4 is 15.1 Å². The predicted octanol–water partition coefficient (Wildman–Crippen LogP) is 2.32. The van der Waals surface area contributed by atoms with E-state index in [9.17, 15) is 14.3 Å². The van der Waals surface area contributed by atoms with Crippen molar-refractivity contribution < 1.29 is 14.2 Å². The SMILES string of the molecule is CCCN1c2cc(OCc3ccc(F)c(C#N)c3)nc(=O)n2C(O)(P)C1CC. The normalized spacial score (nSPS) is 20.7. The van der Waals surface area contributed by atoms with Gasteiger partial charge in [0.2, 0.25) is 5.88 Å². The van der Waals surface area contributed by atoms with Gasteiger partial charge in [0.15, 0.2) is 5.47 Å². The number of ether oxygens (including phenoxy) is 1. The maximum Gasteiger partial charge on any atom is 0.355 e. The van der Waals surface area contributed by atoms with Crippen LogP contribution in [0.1, 0.15) is 37.8 Å². The number of hydrogen-bond acceptors (Lipinski definition) is 6. The lowest BCUT2D eigenvalue weighted by Crippen LogP contribution is -2.45. The largest absolute Gasteiger partial charge is 0.473 e. The Kier molecular flexibility index (Phi) is 5.69. The van der Waals surface area contributed by atoms with E-state index in [-0.39, 0.29) is 24.1 Å². The van der Waals surface area contributed by atoms with E-state index in [1.54, 1.807) is 12.1 Å². The van der Waals surface area contributed by atoms with E-state index in [0.717, 1.165) is 6.42 Å². The van der Waals surface area contributed by atoms with Crippen molar-refractivity contribution in [2.45, 2.75) is 44.8 Å². The fourth-order valence-electron chi connectivity index (χ4n) is 3.55. The number of rotatable bonds is 6. The van der Waals surface area contributed by atoms with Crippen LogP contribution >= 0.6 is 9.24 Å². The Bertz CT molecular complexity index is 986. The fourth-order valence-corrected chi connectivity index (χ4v) is 4.21. The highest BCUT2D eigenvalue weighted by Crippen LogP contribution is 2.42. The number of nitrogens with zero attached hydrogens (tertiary/aromatic N) is 4. The van der Waals surface area contributed by atoms with Crippen LogP contribution in [-0.2, 0) is 12.1 Å². The van der Waals surface area contributed by atoms with Gasteiger partial charge < -0.3 is 14.7 Å². The molecule has 3 atom stereocenters. The van der Waals surface area contributed by atoms with Crippen molar-refractivity contribution in [3.8, 4) is 11.9 Å². The van der Waals surface area contributed by atoms with Gasteiger partial charge in [0, 0.05) is 12.6 Å². The van der Waals surface area contributed by atoms with Crippen LogP contribution in [0.4, 0.5) is 10.2 Å². The smallest absolute Gasteiger partial charge is 0.355 e. The zero-order valence-corrected chi connectivity index (χ0v) is 16.9. The molecule has 0 amide bonds. The summed E-state index contributed by atoms with van der Waals surface area (Å²) in [6.07, 6.45) is 1.49. The molecule has 9 heteroatoms. The standard InChI is InChI=1S/C19H22FN4O3P/c1-3-7-23-15(4-2)19(26,28)24-17(23)9-16(22-18(24)25)27-11-12-5-6-14(20)13(8-12)10-21/h5-6,8-9,15,26H,3-4,7,11,28H2,1-2H3. The van der Waals surface area contributed by atoms with Gasteiger partial charge in [-0.2, -0.15) is 10.2 Å². The minimum Gasteiger partial charge on any atom is -0.473 e. The molecule has 0 saturated heterocycles. The van der Waals surface area contributed by atoms with Crippen LogP contribution in [0.5, 0.6) is 5.88 Å². The molecular weight excluding hydrogens is 382 g/mol. The van der Waals surface area contributed by atoms with Crippen molar-refractivity contribution in [2.75, 3.05) is 11.4 Å². The fraction of sp³-hybridized carbons (Fsp3) is 0.421. The first-order valence-electron chi connectivity index (χ1n) is 9.07. The molecule has 0 bridgehead atoms. The average Bonchev–Trinajstić information content (AvgIpc) is 2.87. The van der Waals surface area contributed by atoms with Gasteiger partial charge in [0.05, 0.1) is 11.6 Å². The van der Waals surface area contributed by atoms with E-state index in [1.807, 2.05) is 18.7 Å². The Hall–Kier alpha value is -2.49. The van der Waals surface area contributed by atoms with Crippen molar-refractivity contribution in [1.29, 1.82) is 5.26 Å². The Labute approximate surface area is 164 Å². The van der Waals surface area contributed by atoms with E-state index in [0.29, 0.717) is 24.3 Å². The Morgan fingerprint density at radius 1 is 1.43 bits per heavy atom. The molecule has 0 saturated carbocycles. The molecule has 2 heterocycles. The van der Waals surface area contributed by atoms with Crippen LogP contribution in [0, 0.1) is 17.1 Å². The van der Waals surface area contributed by atoms with Gasteiger partial charge in [-0.05, 0) is 30.5 Å². The highest BCUT2D eigenvalue weighted by atomic mass is 31.0. The highest BCUT2D eigenvalue weighted by molar-refractivity contribution is 7.17. The summed E-state index contributed by atoms with van der Waals surface area (Å²) >= 11 is 0. The first-order chi connectivity index (χ1) is 13.3. The second-order valence-electron chi connectivity index (χ2n) is 6.69. The number of fused-ring (bicyclic) bond motifs is 1. The van der Waals surface area contributed by atoms with Gasteiger partial charge >= 0.3 is 5.69 Å². The Morgan fingerprint density at radius 3 is 2.82 bits per heavy atom. The zero-order valence-electron chi connectivity index (χ0n) is 15.7. The quantitative estimate of drug-likeness (QED) is 0.743. The van der Waals surface area contributed by atoms with Crippen LogP contribution in [0.25, 0.3) is 0 Å². The minimum atomic E-state index is -1.44. The molecule has 1 aliphatic rings. The van der Waals surface area contributed by atoms with Crippen molar-refractivity contribution in [2.24, 2.45) is 0 Å². The van der Waals surface area contributed by atoms with Crippen LogP contribution in [-0.4, -0.2) is 27.2 Å². The number of hydrogen-bond donors (Lipinski definition) is 1. The van der Waals surface area contributed by atoms with E-state index in [4.69, 9.17) is 10.00 Å². The topological polar surface area (TPSA) is 91.4 Å². The summed E-state index contributed by atoms with van der Waals surface area (Å²) in [5.74, 6) is 0.0523. The van der Waals surface area contributed by atoms with E-state index >= 15 is 0 Å². The molecule has 1 aliphatic heterocycles. The van der Waals surface area contributed by atoms with Crippen LogP contribution < -0.4 is 15.3 Å². The van der Waals surface area contributed by atoms with Crippen LogP contribution in [0.15, 0.2) is 29.1 Å². The number of nitriles is 1. The van der Waals surface area contributed by atoms with E-state index < -0.39 is 17.0 Å². The van der Waals surface area contributed by atoms with Gasteiger partial charge in [-0.3, -0.25) is 0 Å². The molecule has 2 aromatic rings. The number of aliphatic hydroxyl groups is 1. The first kappa shape index (κ1) is 20.2. The number of halogens is 1. The summed E-state index contributed by atoms with van der Waals surface area (Å²) in [5, 5.41) is 19.8. The number of benzene rings is 1.